The second-order valence-electron chi connectivity index (χ2n) is 6.19. The molecule has 0 unspecified atom stereocenters. The highest BCUT2D eigenvalue weighted by Gasteiger charge is 2.22. The van der Waals surface area contributed by atoms with E-state index in [1.807, 2.05) is 12.4 Å². The van der Waals surface area contributed by atoms with Gasteiger partial charge in [-0.1, -0.05) is 27.7 Å². The number of anilines is 1. The number of rotatable bonds is 4. The van der Waals surface area contributed by atoms with E-state index in [1.54, 1.807) is 0 Å². The van der Waals surface area contributed by atoms with Crippen molar-refractivity contribution in [3.63, 3.8) is 0 Å². The van der Waals surface area contributed by atoms with Crippen LogP contribution in [-0.2, 0) is 11.8 Å². The summed E-state index contributed by atoms with van der Waals surface area (Å²) in [5, 5.41) is 3.34. The monoisotopic (exact) mass is 287 g/mol. The Morgan fingerprint density at radius 2 is 1.90 bits per heavy atom. The molecular formula is C16H25N5. The Balaban J connectivity index is 2.66. The molecule has 114 valence electrons. The van der Waals surface area contributed by atoms with Crippen LogP contribution < -0.4 is 5.32 Å². The average Bonchev–Trinajstić information content (AvgIpc) is 2.88. The van der Waals surface area contributed by atoms with Gasteiger partial charge in [0.1, 0.15) is 23.3 Å². The van der Waals surface area contributed by atoms with Gasteiger partial charge in [0.2, 0.25) is 0 Å². The van der Waals surface area contributed by atoms with Crippen LogP contribution in [0.1, 0.15) is 51.8 Å². The Morgan fingerprint density at radius 3 is 2.48 bits per heavy atom. The molecule has 0 aliphatic carbocycles. The van der Waals surface area contributed by atoms with Gasteiger partial charge in [-0.05, 0) is 13.8 Å². The number of imidazole rings is 1. The number of nitrogens with one attached hydrogen (secondary N) is 1. The molecule has 2 aromatic heterocycles. The molecule has 0 saturated heterocycles. The van der Waals surface area contributed by atoms with Gasteiger partial charge in [-0.25, -0.2) is 15.0 Å². The molecule has 0 bridgehead atoms. The summed E-state index contributed by atoms with van der Waals surface area (Å²) in [6.45, 7) is 13.5. The molecule has 0 saturated carbocycles. The first kappa shape index (κ1) is 15.5. The minimum absolute atomic E-state index is 0.0976. The molecule has 0 atom stereocenters. The van der Waals surface area contributed by atoms with E-state index in [-0.39, 0.29) is 5.41 Å². The normalized spacial score (nSPS) is 11.7. The van der Waals surface area contributed by atoms with Crippen molar-refractivity contribution < 1.29 is 0 Å². The first-order chi connectivity index (χ1) is 9.88. The van der Waals surface area contributed by atoms with E-state index < -0.39 is 0 Å². The fourth-order valence-corrected chi connectivity index (χ4v) is 2.20. The van der Waals surface area contributed by atoms with Crippen LogP contribution >= 0.6 is 0 Å². The van der Waals surface area contributed by atoms with Gasteiger partial charge in [0.25, 0.3) is 0 Å². The Hall–Kier alpha value is -1.91. The molecule has 2 aromatic rings. The molecule has 2 heterocycles. The maximum Gasteiger partial charge on any atom is 0.146 e. The molecule has 21 heavy (non-hydrogen) atoms. The largest absolute Gasteiger partial charge is 0.370 e. The van der Waals surface area contributed by atoms with Crippen molar-refractivity contribution in [2.45, 2.75) is 53.4 Å². The lowest BCUT2D eigenvalue weighted by Gasteiger charge is -2.21. The highest BCUT2D eigenvalue weighted by atomic mass is 15.2. The van der Waals surface area contributed by atoms with E-state index in [0.717, 1.165) is 41.8 Å². The van der Waals surface area contributed by atoms with Gasteiger partial charge in [0.15, 0.2) is 0 Å². The van der Waals surface area contributed by atoms with Crippen LogP contribution in [0.5, 0.6) is 0 Å². The number of hydrogen-bond acceptors (Lipinski definition) is 4. The predicted octanol–water partition coefficient (Wildman–Crippen LogP) is 3.26. The van der Waals surface area contributed by atoms with E-state index in [4.69, 9.17) is 9.97 Å². The van der Waals surface area contributed by atoms with Crippen LogP contribution in [0, 0.1) is 6.92 Å². The maximum absolute atomic E-state index is 4.81. The van der Waals surface area contributed by atoms with Crippen molar-refractivity contribution in [2.24, 2.45) is 0 Å². The van der Waals surface area contributed by atoms with Gasteiger partial charge < -0.3 is 5.32 Å². The summed E-state index contributed by atoms with van der Waals surface area (Å²) in [6.07, 6.45) is 4.66. The van der Waals surface area contributed by atoms with E-state index in [9.17, 15) is 0 Å². The second-order valence-corrected chi connectivity index (χ2v) is 6.19. The molecule has 2 rings (SSSR count). The lowest BCUT2D eigenvalue weighted by molar-refractivity contribution is 0.543. The fraction of sp³-hybridized carbons (Fsp3) is 0.562. The van der Waals surface area contributed by atoms with Gasteiger partial charge >= 0.3 is 0 Å². The van der Waals surface area contributed by atoms with Crippen LogP contribution in [0.2, 0.25) is 0 Å². The molecule has 0 aliphatic heterocycles. The van der Waals surface area contributed by atoms with E-state index in [0.29, 0.717) is 0 Å². The van der Waals surface area contributed by atoms with E-state index in [2.05, 4.69) is 56.4 Å². The molecular weight excluding hydrogens is 262 g/mol. The highest BCUT2D eigenvalue weighted by Crippen LogP contribution is 2.26. The van der Waals surface area contributed by atoms with Crippen molar-refractivity contribution in [1.29, 1.82) is 0 Å². The van der Waals surface area contributed by atoms with Gasteiger partial charge in [-0.15, -0.1) is 0 Å². The standard InChI is InChI=1S/C16H25N5/c1-7-12-18-9-10-21(12)14-11(3)13(17-8-2)19-15(20-14)16(4,5)6/h9-10H,7-8H2,1-6H3,(H,17,19,20). The molecule has 0 fully saturated rings. The summed E-state index contributed by atoms with van der Waals surface area (Å²) in [6, 6.07) is 0. The van der Waals surface area contributed by atoms with Crippen LogP contribution in [-0.4, -0.2) is 26.1 Å². The van der Waals surface area contributed by atoms with Crippen molar-refractivity contribution in [3.05, 3.63) is 29.6 Å². The molecule has 0 spiro atoms. The molecule has 0 radical (unpaired) electrons. The van der Waals surface area contributed by atoms with E-state index in [1.165, 1.54) is 0 Å². The summed E-state index contributed by atoms with van der Waals surface area (Å²) in [5.41, 5.74) is 0.956. The summed E-state index contributed by atoms with van der Waals surface area (Å²) in [4.78, 5) is 13.9. The third-order valence-corrected chi connectivity index (χ3v) is 3.40. The molecule has 0 aliphatic rings. The van der Waals surface area contributed by atoms with Gasteiger partial charge in [0.05, 0.1) is 0 Å². The first-order valence-corrected chi connectivity index (χ1v) is 7.54. The lowest BCUT2D eigenvalue weighted by atomic mass is 9.95. The zero-order chi connectivity index (χ0) is 15.6. The number of hydrogen-bond donors (Lipinski definition) is 1. The fourth-order valence-electron chi connectivity index (χ4n) is 2.20. The minimum atomic E-state index is -0.0976. The zero-order valence-electron chi connectivity index (χ0n) is 13.9. The summed E-state index contributed by atoms with van der Waals surface area (Å²) >= 11 is 0. The third-order valence-electron chi connectivity index (χ3n) is 3.40. The smallest absolute Gasteiger partial charge is 0.146 e. The summed E-state index contributed by atoms with van der Waals surface area (Å²) in [5.74, 6) is 3.68. The number of aromatic nitrogens is 4. The van der Waals surface area contributed by atoms with Crippen molar-refractivity contribution in [2.75, 3.05) is 11.9 Å². The van der Waals surface area contributed by atoms with Gasteiger partial charge in [-0.2, -0.15) is 0 Å². The Kier molecular flexibility index (Phi) is 4.30. The SMILES string of the molecule is CCNc1nc(C(C)(C)C)nc(-n2ccnc2CC)c1C. The second kappa shape index (κ2) is 5.84. The number of nitrogens with zero attached hydrogens (tertiary/aromatic N) is 4. The molecule has 1 N–H and O–H groups in total. The molecule has 0 aromatic carbocycles. The molecule has 5 nitrogen and oxygen atoms in total. The van der Waals surface area contributed by atoms with Crippen LogP contribution in [0.3, 0.4) is 0 Å². The van der Waals surface area contributed by atoms with Gasteiger partial charge in [-0.3, -0.25) is 4.57 Å². The van der Waals surface area contributed by atoms with E-state index >= 15 is 0 Å². The van der Waals surface area contributed by atoms with Gasteiger partial charge in [0, 0.05) is 36.3 Å². The Bertz CT molecular complexity index is 622. The van der Waals surface area contributed by atoms with Crippen LogP contribution in [0.4, 0.5) is 5.82 Å². The molecule has 0 amide bonds. The Labute approximate surface area is 126 Å². The van der Waals surface area contributed by atoms with Crippen LogP contribution in [0.25, 0.3) is 5.82 Å². The quantitative estimate of drug-likeness (QED) is 0.937. The predicted molar refractivity (Wildman–Crippen MR) is 86.1 cm³/mol. The zero-order valence-corrected chi connectivity index (χ0v) is 13.9. The summed E-state index contributed by atoms with van der Waals surface area (Å²) in [7, 11) is 0. The topological polar surface area (TPSA) is 55.6 Å². The highest BCUT2D eigenvalue weighted by molar-refractivity contribution is 5.52. The lowest BCUT2D eigenvalue weighted by Crippen LogP contribution is -2.20. The van der Waals surface area contributed by atoms with Crippen molar-refractivity contribution >= 4 is 5.82 Å². The Morgan fingerprint density at radius 1 is 1.19 bits per heavy atom. The average molecular weight is 287 g/mol. The minimum Gasteiger partial charge on any atom is -0.370 e. The van der Waals surface area contributed by atoms with Crippen molar-refractivity contribution in [1.82, 2.24) is 19.5 Å². The van der Waals surface area contributed by atoms with Crippen LogP contribution in [0.15, 0.2) is 12.4 Å². The third kappa shape index (κ3) is 3.06. The van der Waals surface area contributed by atoms with Crippen molar-refractivity contribution in [3.8, 4) is 5.82 Å². The summed E-state index contributed by atoms with van der Waals surface area (Å²) < 4.78 is 2.06. The number of aryl methyl sites for hydroxylation is 1. The first-order valence-electron chi connectivity index (χ1n) is 7.54. The maximum atomic E-state index is 4.81. The molecule has 5 heteroatoms.